The van der Waals surface area contributed by atoms with Gasteiger partial charge in [0.15, 0.2) is 0 Å². The maximum Gasteiger partial charge on any atom is 0.0599 e. The summed E-state index contributed by atoms with van der Waals surface area (Å²) in [5.41, 5.74) is 7.21. The molecule has 1 aliphatic rings. The van der Waals surface area contributed by atoms with E-state index in [1.807, 2.05) is 12.4 Å². The Balaban J connectivity index is 1.85. The van der Waals surface area contributed by atoms with Gasteiger partial charge in [-0.05, 0) is 37.0 Å². The van der Waals surface area contributed by atoms with Gasteiger partial charge < -0.3 is 10.5 Å². The molecule has 2 unspecified atom stereocenters. The summed E-state index contributed by atoms with van der Waals surface area (Å²) in [6.45, 7) is 2.88. The molecule has 1 saturated heterocycles. The maximum atomic E-state index is 5.87. The Morgan fingerprint density at radius 1 is 1.44 bits per heavy atom. The second-order valence-corrected chi connectivity index (χ2v) is 4.91. The van der Waals surface area contributed by atoms with Gasteiger partial charge in [-0.3, -0.25) is 9.88 Å². The number of nitrogens with zero attached hydrogens (tertiary/aromatic N) is 2. The fraction of sp³-hybridized carbons (Fsp3) is 0.643. The van der Waals surface area contributed by atoms with Crippen molar-refractivity contribution in [3.05, 3.63) is 30.1 Å². The molecule has 100 valence electrons. The molecule has 0 radical (unpaired) electrons. The number of ether oxygens (including phenoxy) is 1. The molecule has 4 heteroatoms. The maximum absolute atomic E-state index is 5.87. The van der Waals surface area contributed by atoms with Crippen molar-refractivity contribution in [3.8, 4) is 0 Å². The van der Waals surface area contributed by atoms with E-state index in [-0.39, 0.29) is 0 Å². The van der Waals surface area contributed by atoms with Gasteiger partial charge in [-0.1, -0.05) is 0 Å². The monoisotopic (exact) mass is 249 g/mol. The highest BCUT2D eigenvalue weighted by molar-refractivity contribution is 5.10. The fourth-order valence-electron chi connectivity index (χ4n) is 2.64. The Morgan fingerprint density at radius 3 is 2.89 bits per heavy atom. The molecule has 1 aromatic heterocycles. The van der Waals surface area contributed by atoms with Gasteiger partial charge in [-0.25, -0.2) is 0 Å². The first-order valence-electron chi connectivity index (χ1n) is 6.69. The van der Waals surface area contributed by atoms with Crippen LogP contribution >= 0.6 is 0 Å². The van der Waals surface area contributed by atoms with E-state index in [2.05, 4.69) is 22.0 Å². The first-order valence-corrected chi connectivity index (χ1v) is 6.69. The Morgan fingerprint density at radius 2 is 2.22 bits per heavy atom. The topological polar surface area (TPSA) is 51.4 Å². The quantitative estimate of drug-likeness (QED) is 0.848. The average Bonchev–Trinajstić information content (AvgIpc) is 2.46. The highest BCUT2D eigenvalue weighted by Gasteiger charge is 2.26. The van der Waals surface area contributed by atoms with Crippen molar-refractivity contribution in [1.82, 2.24) is 9.88 Å². The summed E-state index contributed by atoms with van der Waals surface area (Å²) in [5, 5.41) is 0. The van der Waals surface area contributed by atoms with Crippen LogP contribution in [0.4, 0.5) is 0 Å². The zero-order valence-electron chi connectivity index (χ0n) is 11.1. The smallest absolute Gasteiger partial charge is 0.0599 e. The fourth-order valence-corrected chi connectivity index (χ4v) is 2.64. The van der Waals surface area contributed by atoms with Crippen LogP contribution in [0, 0.1) is 0 Å². The van der Waals surface area contributed by atoms with Crippen LogP contribution in [0.2, 0.25) is 0 Å². The minimum Gasteiger partial charge on any atom is -0.381 e. The van der Waals surface area contributed by atoms with Gasteiger partial charge in [-0.15, -0.1) is 0 Å². The van der Waals surface area contributed by atoms with E-state index in [9.17, 15) is 0 Å². The number of rotatable bonds is 5. The lowest BCUT2D eigenvalue weighted by atomic mass is 9.98. The highest BCUT2D eigenvalue weighted by Crippen LogP contribution is 2.19. The first kappa shape index (κ1) is 13.5. The van der Waals surface area contributed by atoms with Gasteiger partial charge in [0.25, 0.3) is 0 Å². The normalized spacial score (nSPS) is 25.2. The molecule has 2 rings (SSSR count). The number of pyridine rings is 1. The SMILES string of the molecule is COC1CCN(CCc2ccncc2)C(CN)C1. The summed E-state index contributed by atoms with van der Waals surface area (Å²) >= 11 is 0. The van der Waals surface area contributed by atoms with Crippen LogP contribution in [-0.4, -0.2) is 48.8 Å². The number of methoxy groups -OCH3 is 1. The van der Waals surface area contributed by atoms with Crippen LogP contribution in [0.25, 0.3) is 0 Å². The lowest BCUT2D eigenvalue weighted by Crippen LogP contribution is -2.49. The van der Waals surface area contributed by atoms with Crippen molar-refractivity contribution in [2.24, 2.45) is 5.73 Å². The van der Waals surface area contributed by atoms with Crippen LogP contribution in [0.15, 0.2) is 24.5 Å². The molecule has 18 heavy (non-hydrogen) atoms. The number of hydrogen-bond acceptors (Lipinski definition) is 4. The van der Waals surface area contributed by atoms with Crippen molar-refractivity contribution in [3.63, 3.8) is 0 Å². The summed E-state index contributed by atoms with van der Waals surface area (Å²) in [6, 6.07) is 4.63. The lowest BCUT2D eigenvalue weighted by molar-refractivity contribution is 0.0138. The number of aromatic nitrogens is 1. The van der Waals surface area contributed by atoms with E-state index in [1.165, 1.54) is 5.56 Å². The van der Waals surface area contributed by atoms with Gasteiger partial charge in [0.1, 0.15) is 0 Å². The third kappa shape index (κ3) is 3.51. The summed E-state index contributed by atoms with van der Waals surface area (Å²) in [4.78, 5) is 6.54. The summed E-state index contributed by atoms with van der Waals surface area (Å²) in [7, 11) is 1.80. The molecule has 2 atom stereocenters. The van der Waals surface area contributed by atoms with Crippen molar-refractivity contribution >= 4 is 0 Å². The molecule has 0 spiro atoms. The van der Waals surface area contributed by atoms with Crippen LogP contribution in [-0.2, 0) is 11.2 Å². The number of piperidine rings is 1. The molecule has 0 aromatic carbocycles. The van der Waals surface area contributed by atoms with E-state index in [0.29, 0.717) is 12.1 Å². The second-order valence-electron chi connectivity index (χ2n) is 4.91. The van der Waals surface area contributed by atoms with Crippen LogP contribution < -0.4 is 5.73 Å². The zero-order chi connectivity index (χ0) is 12.8. The second kappa shape index (κ2) is 6.83. The van der Waals surface area contributed by atoms with E-state index < -0.39 is 0 Å². The predicted molar refractivity (Wildman–Crippen MR) is 72.4 cm³/mol. The molecule has 1 aromatic rings. The molecule has 1 aliphatic heterocycles. The third-order valence-corrected chi connectivity index (χ3v) is 3.83. The molecule has 0 amide bonds. The number of likely N-dealkylation sites (tertiary alicyclic amines) is 1. The third-order valence-electron chi connectivity index (χ3n) is 3.83. The molecule has 0 aliphatic carbocycles. The highest BCUT2D eigenvalue weighted by atomic mass is 16.5. The molecule has 1 fully saturated rings. The van der Waals surface area contributed by atoms with Crippen molar-refractivity contribution in [2.45, 2.75) is 31.4 Å². The zero-order valence-corrected chi connectivity index (χ0v) is 11.1. The Kier molecular flexibility index (Phi) is 5.11. The van der Waals surface area contributed by atoms with Crippen molar-refractivity contribution in [1.29, 1.82) is 0 Å². The molecule has 4 nitrogen and oxygen atoms in total. The van der Waals surface area contributed by atoms with Crippen molar-refractivity contribution in [2.75, 3.05) is 26.7 Å². The summed E-state index contributed by atoms with van der Waals surface area (Å²) in [6.07, 6.45) is 7.33. The van der Waals surface area contributed by atoms with Crippen LogP contribution in [0.1, 0.15) is 18.4 Å². The van der Waals surface area contributed by atoms with Gasteiger partial charge in [0, 0.05) is 45.2 Å². The molecule has 0 bridgehead atoms. The van der Waals surface area contributed by atoms with E-state index in [1.54, 1.807) is 7.11 Å². The van der Waals surface area contributed by atoms with E-state index in [0.717, 1.165) is 38.9 Å². The minimum atomic E-state index is 0.385. The molecule has 0 saturated carbocycles. The summed E-state index contributed by atoms with van der Waals surface area (Å²) in [5.74, 6) is 0. The van der Waals surface area contributed by atoms with Crippen molar-refractivity contribution < 1.29 is 4.74 Å². The molecule has 2 N–H and O–H groups in total. The Labute approximate surface area is 109 Å². The van der Waals surface area contributed by atoms with Crippen LogP contribution in [0.3, 0.4) is 0 Å². The van der Waals surface area contributed by atoms with Gasteiger partial charge in [-0.2, -0.15) is 0 Å². The largest absolute Gasteiger partial charge is 0.381 e. The van der Waals surface area contributed by atoms with Crippen LogP contribution in [0.5, 0.6) is 0 Å². The molecule has 2 heterocycles. The minimum absolute atomic E-state index is 0.385. The molecular weight excluding hydrogens is 226 g/mol. The number of hydrogen-bond donors (Lipinski definition) is 1. The lowest BCUT2D eigenvalue weighted by Gasteiger charge is -2.38. The van der Waals surface area contributed by atoms with Gasteiger partial charge >= 0.3 is 0 Å². The first-order chi connectivity index (χ1) is 8.83. The van der Waals surface area contributed by atoms with Gasteiger partial charge in [0.2, 0.25) is 0 Å². The Bertz CT molecular complexity index is 344. The number of nitrogens with two attached hydrogens (primary N) is 1. The Hall–Kier alpha value is -0.970. The molecular formula is C14H23N3O. The van der Waals surface area contributed by atoms with Gasteiger partial charge in [0.05, 0.1) is 6.10 Å². The standard InChI is InChI=1S/C14H23N3O/c1-18-14-5-9-17(13(10-14)11-15)8-4-12-2-6-16-7-3-12/h2-3,6-7,13-14H,4-5,8-11,15H2,1H3. The van der Waals surface area contributed by atoms with E-state index in [4.69, 9.17) is 10.5 Å². The predicted octanol–water partition coefficient (Wildman–Crippen LogP) is 1.06. The van der Waals surface area contributed by atoms with E-state index >= 15 is 0 Å². The summed E-state index contributed by atoms with van der Waals surface area (Å²) < 4.78 is 5.44. The average molecular weight is 249 g/mol.